The van der Waals surface area contributed by atoms with Gasteiger partial charge in [0.2, 0.25) is 5.88 Å². The van der Waals surface area contributed by atoms with Crippen LogP contribution in [0.15, 0.2) is 54.9 Å². The number of hydrogen-bond donors (Lipinski definition) is 3. The number of aromatic nitrogens is 8. The van der Waals surface area contributed by atoms with E-state index in [2.05, 4.69) is 35.7 Å². The average Bonchev–Trinajstić information content (AvgIpc) is 3.47. The van der Waals surface area contributed by atoms with E-state index in [-0.39, 0.29) is 18.3 Å². The van der Waals surface area contributed by atoms with Crippen LogP contribution in [0.1, 0.15) is 16.8 Å². The number of nitrogens with zero attached hydrogens (tertiary/aromatic N) is 7. The number of tetrazole rings is 1. The first-order valence-electron chi connectivity index (χ1n) is 9.18. The van der Waals surface area contributed by atoms with E-state index in [0.717, 1.165) is 22.3 Å². The molecular weight excluding hydrogens is 384 g/mol. The SMILES string of the molecule is OCc1c(Cc2ccc(-c3ccccc3-c3nnn[nH]3)cc2)c(O)nc2ncnn12. The minimum atomic E-state index is -0.290. The molecule has 148 valence electrons. The lowest BCUT2D eigenvalue weighted by molar-refractivity contribution is 0.270. The molecule has 2 aromatic carbocycles. The Labute approximate surface area is 169 Å². The molecule has 3 aromatic heterocycles. The summed E-state index contributed by atoms with van der Waals surface area (Å²) in [4.78, 5) is 8.02. The third-order valence-corrected chi connectivity index (χ3v) is 4.93. The van der Waals surface area contributed by atoms with Gasteiger partial charge in [-0.2, -0.15) is 19.6 Å². The molecule has 3 heterocycles. The highest BCUT2D eigenvalue weighted by atomic mass is 16.3. The van der Waals surface area contributed by atoms with Gasteiger partial charge in [-0.05, 0) is 27.1 Å². The van der Waals surface area contributed by atoms with E-state index in [9.17, 15) is 10.2 Å². The van der Waals surface area contributed by atoms with E-state index < -0.39 is 0 Å². The van der Waals surface area contributed by atoms with Crippen molar-refractivity contribution in [3.8, 4) is 28.4 Å². The van der Waals surface area contributed by atoms with Gasteiger partial charge in [0.05, 0.1) is 12.3 Å². The van der Waals surface area contributed by atoms with E-state index in [0.29, 0.717) is 23.5 Å². The lowest BCUT2D eigenvalue weighted by Gasteiger charge is -2.12. The maximum absolute atomic E-state index is 10.3. The Bertz CT molecular complexity index is 1310. The maximum Gasteiger partial charge on any atom is 0.255 e. The quantitative estimate of drug-likeness (QED) is 0.406. The summed E-state index contributed by atoms with van der Waals surface area (Å²) in [7, 11) is 0. The average molecular weight is 400 g/mol. The molecule has 0 amide bonds. The molecule has 0 aliphatic heterocycles. The van der Waals surface area contributed by atoms with Crippen molar-refractivity contribution in [2.24, 2.45) is 0 Å². The van der Waals surface area contributed by atoms with Crippen LogP contribution in [0.25, 0.3) is 28.3 Å². The number of hydrogen-bond acceptors (Lipinski definition) is 8. The van der Waals surface area contributed by atoms with Crippen molar-refractivity contribution in [3.05, 3.63) is 71.7 Å². The Kier molecular flexibility index (Phi) is 4.37. The smallest absolute Gasteiger partial charge is 0.255 e. The second-order valence-electron chi connectivity index (χ2n) is 6.66. The first-order chi connectivity index (χ1) is 14.7. The molecule has 0 aliphatic rings. The molecular formula is C20H16N8O2. The van der Waals surface area contributed by atoms with Gasteiger partial charge in [0.1, 0.15) is 6.33 Å². The Hall–Kier alpha value is -4.18. The maximum atomic E-state index is 10.3. The van der Waals surface area contributed by atoms with Crippen LogP contribution >= 0.6 is 0 Å². The highest BCUT2D eigenvalue weighted by Gasteiger charge is 2.16. The summed E-state index contributed by atoms with van der Waals surface area (Å²) in [5, 5.41) is 38.3. The van der Waals surface area contributed by atoms with Crippen LogP contribution < -0.4 is 0 Å². The summed E-state index contributed by atoms with van der Waals surface area (Å²) in [5.74, 6) is 0.681. The first kappa shape index (κ1) is 17.9. The number of H-pyrrole nitrogens is 1. The van der Waals surface area contributed by atoms with E-state index in [1.165, 1.54) is 10.8 Å². The lowest BCUT2D eigenvalue weighted by atomic mass is 9.96. The van der Waals surface area contributed by atoms with Gasteiger partial charge in [0.15, 0.2) is 5.82 Å². The highest BCUT2D eigenvalue weighted by Crippen LogP contribution is 2.30. The zero-order chi connectivity index (χ0) is 20.5. The van der Waals surface area contributed by atoms with Crippen LogP contribution in [-0.4, -0.2) is 50.4 Å². The Morgan fingerprint density at radius 2 is 1.80 bits per heavy atom. The molecule has 0 aliphatic carbocycles. The van der Waals surface area contributed by atoms with Crippen LogP contribution in [0.5, 0.6) is 5.88 Å². The van der Waals surface area contributed by atoms with Crippen LogP contribution in [0.2, 0.25) is 0 Å². The number of benzene rings is 2. The van der Waals surface area contributed by atoms with Gasteiger partial charge >= 0.3 is 0 Å². The molecule has 10 nitrogen and oxygen atoms in total. The molecule has 0 saturated heterocycles. The molecule has 0 atom stereocenters. The molecule has 5 aromatic rings. The summed E-state index contributed by atoms with van der Waals surface area (Å²) < 4.78 is 1.44. The predicted molar refractivity (Wildman–Crippen MR) is 106 cm³/mol. The topological polar surface area (TPSA) is 138 Å². The molecule has 30 heavy (non-hydrogen) atoms. The van der Waals surface area contributed by atoms with Gasteiger partial charge in [-0.3, -0.25) is 0 Å². The van der Waals surface area contributed by atoms with E-state index >= 15 is 0 Å². The molecule has 3 N–H and O–H groups in total. The van der Waals surface area contributed by atoms with Crippen molar-refractivity contribution in [2.45, 2.75) is 13.0 Å². The van der Waals surface area contributed by atoms with Gasteiger partial charge in [0.25, 0.3) is 5.78 Å². The van der Waals surface area contributed by atoms with Crippen molar-refractivity contribution in [3.63, 3.8) is 0 Å². The van der Waals surface area contributed by atoms with Gasteiger partial charge in [-0.25, -0.2) is 5.10 Å². The monoisotopic (exact) mass is 400 g/mol. The van der Waals surface area contributed by atoms with Crippen LogP contribution in [0.3, 0.4) is 0 Å². The summed E-state index contributed by atoms with van der Waals surface area (Å²) in [6, 6.07) is 15.8. The summed E-state index contributed by atoms with van der Waals surface area (Å²) in [5.41, 5.74) is 4.81. The standard InChI is InChI=1S/C20H16N8O2/c29-10-17-16(19(30)23-20-21-11-22-28(17)20)9-12-5-7-13(8-6-12)14-3-1-2-4-15(14)18-24-26-27-25-18/h1-8,11,29H,9-10H2,(H,21,22,23,30)(H,24,25,26,27). The van der Waals surface area contributed by atoms with Gasteiger partial charge in [-0.15, -0.1) is 5.10 Å². The largest absolute Gasteiger partial charge is 0.493 e. The second kappa shape index (κ2) is 7.33. The van der Waals surface area contributed by atoms with E-state index in [1.54, 1.807) is 0 Å². The summed E-state index contributed by atoms with van der Waals surface area (Å²) >= 11 is 0. The first-order valence-corrected chi connectivity index (χ1v) is 9.18. The molecule has 10 heteroatoms. The van der Waals surface area contributed by atoms with Crippen LogP contribution in [0.4, 0.5) is 0 Å². The number of fused-ring (bicyclic) bond motifs is 1. The Balaban J connectivity index is 1.49. The molecule has 0 fully saturated rings. The number of aliphatic hydroxyl groups is 1. The van der Waals surface area contributed by atoms with Crippen molar-refractivity contribution >= 4 is 5.78 Å². The van der Waals surface area contributed by atoms with Crippen molar-refractivity contribution in [2.75, 3.05) is 0 Å². The fraction of sp³-hybridized carbons (Fsp3) is 0.100. The summed E-state index contributed by atoms with van der Waals surface area (Å²) in [6.07, 6.45) is 1.72. The minimum absolute atomic E-state index is 0.160. The second-order valence-corrected chi connectivity index (χ2v) is 6.66. The number of aromatic hydroxyl groups is 1. The van der Waals surface area contributed by atoms with E-state index in [1.807, 2.05) is 48.5 Å². The lowest BCUT2D eigenvalue weighted by Crippen LogP contribution is -2.07. The van der Waals surface area contributed by atoms with Crippen LogP contribution in [0, 0.1) is 0 Å². The predicted octanol–water partition coefficient (Wildman–Crippen LogP) is 1.76. The zero-order valence-corrected chi connectivity index (χ0v) is 15.6. The van der Waals surface area contributed by atoms with Gasteiger partial charge < -0.3 is 10.2 Å². The molecule has 0 radical (unpaired) electrons. The number of aromatic amines is 1. The zero-order valence-electron chi connectivity index (χ0n) is 15.6. The molecule has 0 spiro atoms. The van der Waals surface area contributed by atoms with Crippen molar-refractivity contribution in [1.82, 2.24) is 40.2 Å². The Morgan fingerprint density at radius 1 is 1.00 bits per heavy atom. The van der Waals surface area contributed by atoms with E-state index in [4.69, 9.17) is 0 Å². The molecule has 0 saturated carbocycles. The molecule has 5 rings (SSSR count). The van der Waals surface area contributed by atoms with Gasteiger partial charge in [0, 0.05) is 17.5 Å². The minimum Gasteiger partial charge on any atom is -0.493 e. The van der Waals surface area contributed by atoms with Crippen molar-refractivity contribution < 1.29 is 10.2 Å². The molecule has 0 bridgehead atoms. The number of nitrogens with one attached hydrogen (secondary N) is 1. The number of rotatable bonds is 5. The highest BCUT2D eigenvalue weighted by molar-refractivity contribution is 5.80. The summed E-state index contributed by atoms with van der Waals surface area (Å²) in [6.45, 7) is -0.290. The normalized spacial score (nSPS) is 11.2. The fourth-order valence-electron chi connectivity index (χ4n) is 3.49. The Morgan fingerprint density at radius 3 is 2.53 bits per heavy atom. The van der Waals surface area contributed by atoms with Crippen LogP contribution in [-0.2, 0) is 13.0 Å². The third-order valence-electron chi connectivity index (χ3n) is 4.93. The van der Waals surface area contributed by atoms with Crippen molar-refractivity contribution in [1.29, 1.82) is 0 Å². The third kappa shape index (κ3) is 3.05. The van der Waals surface area contributed by atoms with Gasteiger partial charge in [-0.1, -0.05) is 48.5 Å². The fourth-order valence-corrected chi connectivity index (χ4v) is 3.49. The number of aliphatic hydroxyl groups excluding tert-OH is 1. The molecule has 0 unspecified atom stereocenters.